The number of nitrogens with one attached hydrogen (secondary N) is 2. The molecule has 48 heavy (non-hydrogen) atoms. The van der Waals surface area contributed by atoms with Gasteiger partial charge in [-0.2, -0.15) is 0 Å². The highest BCUT2D eigenvalue weighted by molar-refractivity contribution is 7.14. The first-order valence-electron chi connectivity index (χ1n) is 16.3. The van der Waals surface area contributed by atoms with Gasteiger partial charge in [0.05, 0.1) is 24.9 Å². The van der Waals surface area contributed by atoms with Crippen LogP contribution in [-0.2, 0) is 14.3 Å². The summed E-state index contributed by atoms with van der Waals surface area (Å²) in [5.41, 5.74) is 6.79. The zero-order valence-electron chi connectivity index (χ0n) is 28.0. The average Bonchev–Trinajstić information content (AvgIpc) is 3.35. The maximum Gasteiger partial charge on any atom is 0.408 e. The summed E-state index contributed by atoms with van der Waals surface area (Å²) in [6.45, 7) is 9.70. The molecule has 0 bridgehead atoms. The van der Waals surface area contributed by atoms with Gasteiger partial charge in [-0.15, -0.1) is 11.3 Å². The van der Waals surface area contributed by atoms with Crippen LogP contribution in [0.4, 0.5) is 9.93 Å². The SMILES string of the molecule is COc1ccc2c(OC3CC(C(N)=O)N(C(=O)[C@@H](NC(=O)OC4CC5C[C@H]5C4)C(C)(C)C)C3)cc(-c3csc(NC(C)C)n3)nc2c1Cl. The number of carbonyl (C=O) groups excluding carboxylic acids is 3. The molecule has 4 N–H and O–H groups in total. The van der Waals surface area contributed by atoms with Gasteiger partial charge < -0.3 is 35.5 Å². The maximum absolute atomic E-state index is 14.1. The third-order valence-corrected chi connectivity index (χ3v) is 10.4. The minimum atomic E-state index is -0.959. The van der Waals surface area contributed by atoms with Crippen LogP contribution in [0.25, 0.3) is 22.3 Å². The number of rotatable bonds is 10. The molecule has 1 aliphatic heterocycles. The minimum Gasteiger partial charge on any atom is -0.495 e. The molecule has 258 valence electrons. The van der Waals surface area contributed by atoms with Crippen molar-refractivity contribution in [3.63, 3.8) is 0 Å². The van der Waals surface area contributed by atoms with E-state index in [0.717, 1.165) is 18.0 Å². The summed E-state index contributed by atoms with van der Waals surface area (Å²) in [5, 5.41) is 9.70. The van der Waals surface area contributed by atoms with Crippen LogP contribution in [0.2, 0.25) is 5.02 Å². The highest BCUT2D eigenvalue weighted by Crippen LogP contribution is 2.52. The molecule has 0 radical (unpaired) electrons. The fourth-order valence-electron chi connectivity index (χ4n) is 6.75. The number of methoxy groups -OCH3 is 1. The molecule has 6 rings (SSSR count). The first kappa shape index (κ1) is 34.0. The highest BCUT2D eigenvalue weighted by atomic mass is 35.5. The number of aromatic nitrogens is 2. The second-order valence-electron chi connectivity index (χ2n) is 14.4. The highest BCUT2D eigenvalue weighted by Gasteiger charge is 2.48. The number of hydrogen-bond donors (Lipinski definition) is 3. The first-order valence-corrected chi connectivity index (χ1v) is 17.6. The summed E-state index contributed by atoms with van der Waals surface area (Å²) in [5.74, 6) is 1.12. The molecule has 3 aliphatic rings. The van der Waals surface area contributed by atoms with Crippen molar-refractivity contribution in [1.29, 1.82) is 0 Å². The van der Waals surface area contributed by atoms with E-state index in [1.807, 2.05) is 40.0 Å². The maximum atomic E-state index is 14.1. The summed E-state index contributed by atoms with van der Waals surface area (Å²) in [6.07, 6.45) is 1.73. The van der Waals surface area contributed by atoms with Crippen molar-refractivity contribution in [2.24, 2.45) is 23.0 Å². The van der Waals surface area contributed by atoms with Gasteiger partial charge >= 0.3 is 6.09 Å². The van der Waals surface area contributed by atoms with E-state index in [9.17, 15) is 14.4 Å². The predicted octanol–water partition coefficient (Wildman–Crippen LogP) is 5.61. The van der Waals surface area contributed by atoms with Gasteiger partial charge in [-0.25, -0.2) is 14.8 Å². The van der Waals surface area contributed by atoms with E-state index >= 15 is 0 Å². The number of anilines is 1. The number of carbonyl (C=O) groups is 3. The molecule has 3 fully saturated rings. The number of nitrogens with zero attached hydrogens (tertiary/aromatic N) is 3. The minimum absolute atomic E-state index is 0.0733. The molecule has 3 heterocycles. The fourth-order valence-corrected chi connectivity index (χ4v) is 7.88. The molecule has 14 heteroatoms. The number of amides is 3. The number of benzene rings is 1. The number of thiazole rings is 1. The van der Waals surface area contributed by atoms with E-state index in [0.29, 0.717) is 50.6 Å². The molecule has 2 saturated carbocycles. The van der Waals surface area contributed by atoms with Crippen molar-refractivity contribution in [2.75, 3.05) is 19.0 Å². The number of ether oxygens (including phenoxy) is 3. The molecule has 6 atom stereocenters. The Bertz CT molecular complexity index is 1720. The molecule has 1 aromatic carbocycles. The van der Waals surface area contributed by atoms with Crippen molar-refractivity contribution >= 4 is 56.9 Å². The number of hydrogen-bond acceptors (Lipinski definition) is 10. The summed E-state index contributed by atoms with van der Waals surface area (Å²) >= 11 is 8.20. The largest absolute Gasteiger partial charge is 0.495 e. The Kier molecular flexibility index (Phi) is 9.38. The number of primary amides is 1. The molecule has 12 nitrogen and oxygen atoms in total. The van der Waals surface area contributed by atoms with E-state index in [-0.39, 0.29) is 25.1 Å². The van der Waals surface area contributed by atoms with Gasteiger partial charge in [0.2, 0.25) is 11.8 Å². The quantitative estimate of drug-likeness (QED) is 0.245. The summed E-state index contributed by atoms with van der Waals surface area (Å²) in [4.78, 5) is 50.8. The van der Waals surface area contributed by atoms with Gasteiger partial charge in [-0.05, 0) is 62.5 Å². The third kappa shape index (κ3) is 7.12. The number of halogens is 1. The second-order valence-corrected chi connectivity index (χ2v) is 15.6. The monoisotopic (exact) mass is 698 g/mol. The lowest BCUT2D eigenvalue weighted by Gasteiger charge is -2.35. The van der Waals surface area contributed by atoms with Crippen molar-refractivity contribution in [2.45, 2.75) is 90.6 Å². The molecular weight excluding hydrogens is 656 g/mol. The van der Waals surface area contributed by atoms with E-state index in [4.69, 9.17) is 41.5 Å². The van der Waals surface area contributed by atoms with Crippen molar-refractivity contribution in [3.05, 3.63) is 28.6 Å². The van der Waals surface area contributed by atoms with Gasteiger partial charge in [0.1, 0.15) is 46.5 Å². The Balaban J connectivity index is 1.26. The number of pyridine rings is 1. The van der Waals surface area contributed by atoms with Crippen LogP contribution in [0.15, 0.2) is 23.6 Å². The van der Waals surface area contributed by atoms with Crippen LogP contribution in [0.1, 0.15) is 60.3 Å². The van der Waals surface area contributed by atoms with E-state index < -0.39 is 41.5 Å². The van der Waals surface area contributed by atoms with Gasteiger partial charge in [0.15, 0.2) is 5.13 Å². The van der Waals surface area contributed by atoms with E-state index in [1.165, 1.54) is 29.8 Å². The smallest absolute Gasteiger partial charge is 0.408 e. The van der Waals surface area contributed by atoms with E-state index in [1.54, 1.807) is 18.2 Å². The normalized spacial score (nSPS) is 23.9. The van der Waals surface area contributed by atoms with Crippen LogP contribution in [0.3, 0.4) is 0 Å². The molecular formula is C34H43ClN6O6S. The first-order chi connectivity index (χ1) is 22.7. The van der Waals surface area contributed by atoms with Gasteiger partial charge in [-0.1, -0.05) is 32.4 Å². The fraction of sp³-hybridized carbons (Fsp3) is 0.559. The number of alkyl carbamates (subject to hydrolysis) is 1. The number of fused-ring (bicyclic) bond motifs is 2. The standard InChI is InChI=1S/C34H43ClN6O6S/c1-16(2)37-32-39-23(15-48-32)22-13-26(21-7-8-25(45-6)27(35)28(21)38-22)46-20-12-24(30(36)42)41(14-20)31(43)29(34(3,4)5)40-33(44)47-19-10-17-9-18(17)11-19/h7-8,13,15-20,24,29H,9-12,14H2,1-6H3,(H2,36,42)(H,37,39)(H,40,44)/t17-,18?,19?,20?,24?,29+/m0/s1. The van der Waals surface area contributed by atoms with Crippen molar-refractivity contribution in [3.8, 4) is 22.9 Å². The lowest BCUT2D eigenvalue weighted by molar-refractivity contribution is -0.141. The molecule has 4 unspecified atom stereocenters. The lowest BCUT2D eigenvalue weighted by Crippen LogP contribution is -2.57. The summed E-state index contributed by atoms with van der Waals surface area (Å²) in [7, 11) is 1.53. The van der Waals surface area contributed by atoms with Crippen LogP contribution < -0.4 is 25.8 Å². The average molecular weight is 699 g/mol. The van der Waals surface area contributed by atoms with Crippen molar-refractivity contribution < 1.29 is 28.6 Å². The zero-order valence-corrected chi connectivity index (χ0v) is 29.6. The second kappa shape index (κ2) is 13.2. The predicted molar refractivity (Wildman–Crippen MR) is 184 cm³/mol. The Morgan fingerprint density at radius 1 is 1.04 bits per heavy atom. The Hall–Kier alpha value is -3.84. The van der Waals surface area contributed by atoms with Gasteiger partial charge in [0.25, 0.3) is 0 Å². The number of nitrogens with two attached hydrogens (primary N) is 1. The van der Waals surface area contributed by atoms with Gasteiger partial charge in [0, 0.05) is 29.3 Å². The molecule has 2 aliphatic carbocycles. The lowest BCUT2D eigenvalue weighted by atomic mass is 9.85. The van der Waals surface area contributed by atoms with Crippen LogP contribution in [-0.4, -0.2) is 76.8 Å². The summed E-state index contributed by atoms with van der Waals surface area (Å²) in [6, 6.07) is 3.63. The Morgan fingerprint density at radius 3 is 2.42 bits per heavy atom. The Labute approximate surface area is 289 Å². The van der Waals surface area contributed by atoms with Crippen LogP contribution >= 0.6 is 22.9 Å². The zero-order chi connectivity index (χ0) is 34.5. The molecule has 0 spiro atoms. The number of likely N-dealkylation sites (tertiary alicyclic amines) is 1. The van der Waals surface area contributed by atoms with Crippen LogP contribution in [0.5, 0.6) is 11.5 Å². The van der Waals surface area contributed by atoms with Crippen LogP contribution in [0, 0.1) is 17.3 Å². The molecule has 2 aromatic heterocycles. The van der Waals surface area contributed by atoms with Gasteiger partial charge in [-0.3, -0.25) is 9.59 Å². The molecule has 3 aromatic rings. The van der Waals surface area contributed by atoms with Crippen molar-refractivity contribution in [1.82, 2.24) is 20.2 Å². The Morgan fingerprint density at radius 2 is 1.77 bits per heavy atom. The third-order valence-electron chi connectivity index (χ3n) is 9.26. The molecule has 1 saturated heterocycles. The molecule has 3 amide bonds. The topological polar surface area (TPSA) is 158 Å². The summed E-state index contributed by atoms with van der Waals surface area (Å²) < 4.78 is 17.7. The van der Waals surface area contributed by atoms with E-state index in [2.05, 4.69) is 10.6 Å².